The van der Waals surface area contributed by atoms with Crippen molar-refractivity contribution in [2.75, 3.05) is 64.2 Å². The van der Waals surface area contributed by atoms with Crippen molar-refractivity contribution in [2.45, 2.75) is 52.4 Å². The van der Waals surface area contributed by atoms with Crippen LogP contribution in [0.4, 0.5) is 5.69 Å². The summed E-state index contributed by atoms with van der Waals surface area (Å²) < 4.78 is 39.4. The number of rotatable bonds is 18. The first-order valence-corrected chi connectivity index (χ1v) is 18.6. The van der Waals surface area contributed by atoms with Gasteiger partial charge in [0.2, 0.25) is 5.56 Å². The number of fused-ring (bicyclic) bond motifs is 2. The normalized spacial score (nSPS) is 15.2. The number of aromatic amines is 1. The van der Waals surface area contributed by atoms with Gasteiger partial charge in [0, 0.05) is 27.9 Å². The molecule has 11 heteroatoms. The van der Waals surface area contributed by atoms with E-state index in [4.69, 9.17) is 18.3 Å². The highest BCUT2D eigenvalue weighted by molar-refractivity contribution is 7.48. The van der Waals surface area contributed by atoms with Gasteiger partial charge in [0.1, 0.15) is 5.75 Å². The van der Waals surface area contributed by atoms with E-state index in [0.717, 1.165) is 87.9 Å². The van der Waals surface area contributed by atoms with Gasteiger partial charge in [0.25, 0.3) is 0 Å². The van der Waals surface area contributed by atoms with Gasteiger partial charge in [0.15, 0.2) is 6.73 Å². The van der Waals surface area contributed by atoms with E-state index in [9.17, 15) is 9.36 Å². The first-order valence-electron chi connectivity index (χ1n) is 16.3. The number of thiophene rings is 1. The molecule has 0 aliphatic carbocycles. The van der Waals surface area contributed by atoms with Crippen molar-refractivity contribution in [3.63, 3.8) is 0 Å². The lowest BCUT2D eigenvalue weighted by atomic mass is 10.1. The highest BCUT2D eigenvalue weighted by atomic mass is 32.1. The van der Waals surface area contributed by atoms with Crippen molar-refractivity contribution < 1.29 is 27.4 Å². The van der Waals surface area contributed by atoms with Crippen molar-refractivity contribution >= 4 is 45.8 Å². The summed E-state index contributed by atoms with van der Waals surface area (Å²) in [5.41, 5.74) is 1.91. The molecule has 0 saturated carbocycles. The van der Waals surface area contributed by atoms with Gasteiger partial charge in [-0.25, -0.2) is 9.09 Å². The van der Waals surface area contributed by atoms with Crippen molar-refractivity contribution in [2.24, 2.45) is 0 Å². The first-order chi connectivity index (χ1) is 21.9. The number of nitrogens with one attached hydrogen (secondary N) is 1. The Bertz CT molecular complexity index is 1600. The van der Waals surface area contributed by atoms with Crippen LogP contribution in [0.3, 0.4) is 0 Å². The topological polar surface area (TPSA) is 90.1 Å². The van der Waals surface area contributed by atoms with E-state index in [0.29, 0.717) is 24.3 Å². The summed E-state index contributed by atoms with van der Waals surface area (Å²) in [4.78, 5) is 17.1. The number of phosphoric acid groups is 1. The predicted molar refractivity (Wildman–Crippen MR) is 183 cm³/mol. The number of piperazine rings is 1. The SMILES string of the molecule is CCCCOP(=O)(OCCCC)OC[N+]1(CCCCOc2ccc3ccc(=O)[nH]c3c2)CCN(c2cccc3sccc23)CC1. The van der Waals surface area contributed by atoms with Gasteiger partial charge >= 0.3 is 7.82 Å². The van der Waals surface area contributed by atoms with Crippen LogP contribution in [-0.2, 0) is 18.1 Å². The molecule has 5 rings (SSSR count). The third-order valence-corrected chi connectivity index (χ3v) is 10.8. The predicted octanol–water partition coefficient (Wildman–Crippen LogP) is 7.95. The number of unbranched alkanes of at least 4 members (excludes halogenated alkanes) is 3. The Morgan fingerprint density at radius 3 is 2.40 bits per heavy atom. The molecule has 1 aliphatic heterocycles. The van der Waals surface area contributed by atoms with Crippen LogP contribution >= 0.6 is 19.2 Å². The molecule has 0 spiro atoms. The lowest BCUT2D eigenvalue weighted by Gasteiger charge is -2.45. The molecule has 45 heavy (non-hydrogen) atoms. The Labute approximate surface area is 270 Å². The molecule has 3 heterocycles. The van der Waals surface area contributed by atoms with Crippen LogP contribution in [-0.4, -0.2) is 68.7 Å². The van der Waals surface area contributed by atoms with Gasteiger partial charge in [0.05, 0.1) is 58.1 Å². The Morgan fingerprint density at radius 1 is 0.889 bits per heavy atom. The van der Waals surface area contributed by atoms with E-state index in [1.807, 2.05) is 24.3 Å². The smallest absolute Gasteiger partial charge is 0.479 e. The van der Waals surface area contributed by atoms with Crippen LogP contribution in [0.1, 0.15) is 52.4 Å². The van der Waals surface area contributed by atoms with Crippen molar-refractivity contribution in [1.29, 1.82) is 0 Å². The molecule has 4 aromatic rings. The van der Waals surface area contributed by atoms with E-state index in [1.54, 1.807) is 11.3 Å². The Balaban J connectivity index is 1.22. The summed E-state index contributed by atoms with van der Waals surface area (Å²) in [6.07, 6.45) is 5.29. The van der Waals surface area contributed by atoms with Crippen LogP contribution in [0.25, 0.3) is 21.0 Å². The number of ether oxygens (including phenoxy) is 1. The molecular formula is C34H47N3O6PS+. The van der Waals surface area contributed by atoms with Gasteiger partial charge in [-0.15, -0.1) is 11.3 Å². The van der Waals surface area contributed by atoms with Crippen LogP contribution in [0, 0.1) is 0 Å². The molecule has 0 radical (unpaired) electrons. The maximum absolute atomic E-state index is 13.7. The number of phosphoric ester groups is 1. The summed E-state index contributed by atoms with van der Waals surface area (Å²) >= 11 is 1.77. The molecule has 0 amide bonds. The second kappa shape index (κ2) is 16.2. The van der Waals surface area contributed by atoms with E-state index >= 15 is 0 Å². The third-order valence-electron chi connectivity index (χ3n) is 8.48. The van der Waals surface area contributed by atoms with Crippen LogP contribution in [0.15, 0.2) is 64.8 Å². The average molecular weight is 657 g/mol. The number of pyridine rings is 1. The molecule has 2 aromatic heterocycles. The number of aromatic nitrogens is 1. The van der Waals surface area contributed by atoms with Gasteiger partial charge in [-0.3, -0.25) is 18.3 Å². The fourth-order valence-electron chi connectivity index (χ4n) is 5.71. The number of anilines is 1. The van der Waals surface area contributed by atoms with Crippen molar-refractivity contribution in [3.05, 3.63) is 70.3 Å². The number of hydrogen-bond acceptors (Lipinski definition) is 8. The van der Waals surface area contributed by atoms with E-state index < -0.39 is 7.82 Å². The highest BCUT2D eigenvalue weighted by Gasteiger charge is 2.37. The maximum atomic E-state index is 13.7. The summed E-state index contributed by atoms with van der Waals surface area (Å²) in [5.74, 6) is 0.738. The number of H-pyrrole nitrogens is 1. The van der Waals surface area contributed by atoms with E-state index in [-0.39, 0.29) is 12.3 Å². The summed E-state index contributed by atoms with van der Waals surface area (Å²) in [6.45, 7) is 10.1. The van der Waals surface area contributed by atoms with Crippen LogP contribution in [0.2, 0.25) is 0 Å². The standard InChI is InChI=1S/C34H46N3O6PS/c1-3-5-23-41-44(39,42-24-6-4-2)43-27-37(20-17-36(18-21-37)32-10-9-11-33-30(32)16-25-45-33)19-7-8-22-40-29-14-12-28-13-15-34(38)35-31(28)26-29/h9-16,25-26H,3-8,17-24,27H2,1-2H3/p+1. The Morgan fingerprint density at radius 2 is 1.64 bits per heavy atom. The Hall–Kier alpha value is -2.72. The lowest BCUT2D eigenvalue weighted by molar-refractivity contribution is -0.943. The van der Waals surface area contributed by atoms with Gasteiger partial charge in [-0.05, 0) is 72.8 Å². The largest absolute Gasteiger partial charge is 0.494 e. The second-order valence-corrected chi connectivity index (χ2v) is 14.4. The molecule has 0 bridgehead atoms. The first kappa shape index (κ1) is 33.6. The lowest BCUT2D eigenvalue weighted by Crippen LogP contribution is -2.60. The van der Waals surface area contributed by atoms with Crippen LogP contribution in [0.5, 0.6) is 5.75 Å². The fraction of sp³-hybridized carbons (Fsp3) is 0.500. The summed E-state index contributed by atoms with van der Waals surface area (Å²) in [5, 5.41) is 4.42. The number of quaternary nitrogens is 1. The molecule has 9 nitrogen and oxygen atoms in total. The Kier molecular flexibility index (Phi) is 12.1. The van der Waals surface area contributed by atoms with Gasteiger partial charge in [-0.1, -0.05) is 32.8 Å². The molecule has 0 unspecified atom stereocenters. The highest BCUT2D eigenvalue weighted by Crippen LogP contribution is 2.50. The quantitative estimate of drug-likeness (QED) is 0.0660. The number of nitrogens with zero attached hydrogens (tertiary/aromatic N) is 2. The molecule has 2 aromatic carbocycles. The minimum absolute atomic E-state index is 0.126. The zero-order valence-electron chi connectivity index (χ0n) is 26.6. The second-order valence-electron chi connectivity index (χ2n) is 11.8. The zero-order chi connectivity index (χ0) is 31.5. The molecule has 244 valence electrons. The molecule has 1 fully saturated rings. The fourth-order valence-corrected chi connectivity index (χ4v) is 7.83. The monoisotopic (exact) mass is 656 g/mol. The van der Waals surface area contributed by atoms with Crippen molar-refractivity contribution in [3.8, 4) is 5.75 Å². The minimum atomic E-state index is -3.67. The average Bonchev–Trinajstić information content (AvgIpc) is 3.54. The minimum Gasteiger partial charge on any atom is -0.494 e. The number of hydrogen-bond donors (Lipinski definition) is 1. The van der Waals surface area contributed by atoms with Crippen molar-refractivity contribution in [1.82, 2.24) is 4.98 Å². The third kappa shape index (κ3) is 9.18. The summed E-state index contributed by atoms with van der Waals surface area (Å²) in [6, 6.07) is 17.8. The maximum Gasteiger partial charge on any atom is 0.479 e. The molecule has 1 N–H and O–H groups in total. The van der Waals surface area contributed by atoms with E-state index in [2.05, 4.69) is 53.4 Å². The summed E-state index contributed by atoms with van der Waals surface area (Å²) in [7, 11) is -3.67. The number of benzene rings is 2. The zero-order valence-corrected chi connectivity index (χ0v) is 28.3. The van der Waals surface area contributed by atoms with Gasteiger partial charge < -0.3 is 14.6 Å². The molecule has 1 saturated heterocycles. The molecule has 1 aliphatic rings. The molecular weight excluding hydrogens is 609 g/mol. The van der Waals surface area contributed by atoms with E-state index in [1.165, 1.54) is 21.8 Å². The molecule has 0 atom stereocenters. The van der Waals surface area contributed by atoms with Gasteiger partial charge in [-0.2, -0.15) is 0 Å². The van der Waals surface area contributed by atoms with Crippen LogP contribution < -0.4 is 15.2 Å².